The Morgan fingerprint density at radius 1 is 1.28 bits per heavy atom. The molecule has 7 heteroatoms. The molecule has 1 aromatic carbocycles. The molecule has 0 N–H and O–H groups in total. The SMILES string of the molecule is CC1c2c(ccc3c2O[C@@H](c2ccc(Cl)cn2)CO3)CCN1C(=O)OC(C)(C)C. The van der Waals surface area contributed by atoms with Crippen LogP contribution in [-0.2, 0) is 11.2 Å². The Morgan fingerprint density at radius 3 is 2.76 bits per heavy atom. The molecule has 3 heterocycles. The third-order valence-corrected chi connectivity index (χ3v) is 5.34. The number of hydrogen-bond donors (Lipinski definition) is 0. The fraction of sp³-hybridized carbons (Fsp3) is 0.455. The molecule has 0 fully saturated rings. The number of benzene rings is 1. The zero-order chi connectivity index (χ0) is 20.8. The van der Waals surface area contributed by atoms with Crippen molar-refractivity contribution in [3.8, 4) is 11.5 Å². The van der Waals surface area contributed by atoms with Crippen molar-refractivity contribution in [3.05, 3.63) is 52.3 Å². The van der Waals surface area contributed by atoms with Gasteiger partial charge in [-0.05, 0) is 57.9 Å². The number of rotatable bonds is 1. The first-order valence-electron chi connectivity index (χ1n) is 9.79. The van der Waals surface area contributed by atoms with Crippen LogP contribution in [0.3, 0.4) is 0 Å². The minimum Gasteiger partial charge on any atom is -0.485 e. The van der Waals surface area contributed by atoms with Crippen molar-refractivity contribution in [2.24, 2.45) is 0 Å². The lowest BCUT2D eigenvalue weighted by Crippen LogP contribution is -2.42. The van der Waals surface area contributed by atoms with Crippen LogP contribution in [-0.4, -0.2) is 34.7 Å². The second-order valence-corrected chi connectivity index (χ2v) is 8.82. The molecular weight excluding hydrogens is 392 g/mol. The van der Waals surface area contributed by atoms with E-state index in [0.717, 1.165) is 23.2 Å². The number of pyridine rings is 1. The van der Waals surface area contributed by atoms with Crippen molar-refractivity contribution in [1.82, 2.24) is 9.88 Å². The molecule has 2 aromatic rings. The van der Waals surface area contributed by atoms with E-state index in [1.54, 1.807) is 17.2 Å². The van der Waals surface area contributed by atoms with Gasteiger partial charge in [-0.2, -0.15) is 0 Å². The highest BCUT2D eigenvalue weighted by atomic mass is 35.5. The Hall–Kier alpha value is -2.47. The third-order valence-electron chi connectivity index (χ3n) is 5.12. The first-order chi connectivity index (χ1) is 13.7. The largest absolute Gasteiger partial charge is 0.485 e. The van der Waals surface area contributed by atoms with Crippen LogP contribution in [0.25, 0.3) is 0 Å². The smallest absolute Gasteiger partial charge is 0.410 e. The van der Waals surface area contributed by atoms with Crippen molar-refractivity contribution in [2.75, 3.05) is 13.2 Å². The fourth-order valence-electron chi connectivity index (χ4n) is 3.76. The summed E-state index contributed by atoms with van der Waals surface area (Å²) in [7, 11) is 0. The summed E-state index contributed by atoms with van der Waals surface area (Å²) in [5, 5.41) is 0.574. The van der Waals surface area contributed by atoms with Gasteiger partial charge in [0.1, 0.15) is 12.2 Å². The topological polar surface area (TPSA) is 60.9 Å². The number of halogens is 1. The average Bonchev–Trinajstić information content (AvgIpc) is 2.66. The maximum atomic E-state index is 12.7. The summed E-state index contributed by atoms with van der Waals surface area (Å²) >= 11 is 5.95. The van der Waals surface area contributed by atoms with Crippen molar-refractivity contribution >= 4 is 17.7 Å². The van der Waals surface area contributed by atoms with Crippen LogP contribution < -0.4 is 9.47 Å². The minimum atomic E-state index is -0.543. The van der Waals surface area contributed by atoms with E-state index in [9.17, 15) is 4.79 Å². The molecule has 0 bridgehead atoms. The van der Waals surface area contributed by atoms with Crippen molar-refractivity contribution < 1.29 is 19.0 Å². The zero-order valence-electron chi connectivity index (χ0n) is 17.1. The second kappa shape index (κ2) is 7.41. The van der Waals surface area contributed by atoms with Crippen molar-refractivity contribution in [3.63, 3.8) is 0 Å². The van der Waals surface area contributed by atoms with Gasteiger partial charge in [-0.25, -0.2) is 4.79 Å². The molecule has 1 unspecified atom stereocenters. The normalized spacial score (nSPS) is 20.8. The molecule has 6 nitrogen and oxygen atoms in total. The Balaban J connectivity index is 1.65. The van der Waals surface area contributed by atoms with E-state index in [1.807, 2.05) is 39.8 Å². The van der Waals surface area contributed by atoms with Crippen molar-refractivity contribution in [2.45, 2.75) is 51.9 Å². The Kier molecular flexibility index (Phi) is 5.07. The van der Waals surface area contributed by atoms with Crippen LogP contribution in [0, 0.1) is 0 Å². The van der Waals surface area contributed by atoms with Crippen molar-refractivity contribution in [1.29, 1.82) is 0 Å². The Morgan fingerprint density at radius 2 is 2.07 bits per heavy atom. The lowest BCUT2D eigenvalue weighted by molar-refractivity contribution is 0.0148. The molecule has 2 atom stereocenters. The first-order valence-corrected chi connectivity index (χ1v) is 10.2. The van der Waals surface area contributed by atoms with Gasteiger partial charge in [-0.3, -0.25) is 4.98 Å². The monoisotopic (exact) mass is 416 g/mol. The maximum absolute atomic E-state index is 12.7. The molecular formula is C22H25ClN2O4. The highest BCUT2D eigenvalue weighted by Crippen LogP contribution is 2.46. The van der Waals surface area contributed by atoms with Crippen LogP contribution in [0.15, 0.2) is 30.5 Å². The number of fused-ring (bicyclic) bond motifs is 3. The summed E-state index contributed by atoms with van der Waals surface area (Å²) in [6.45, 7) is 8.58. The third kappa shape index (κ3) is 3.99. The first kappa shape index (κ1) is 19.8. The summed E-state index contributed by atoms with van der Waals surface area (Å²) in [6, 6.07) is 7.43. The van der Waals surface area contributed by atoms with Crippen LogP contribution >= 0.6 is 11.6 Å². The molecule has 154 valence electrons. The maximum Gasteiger partial charge on any atom is 0.410 e. The number of ether oxygens (including phenoxy) is 3. The number of carbonyl (C=O) groups is 1. The van der Waals surface area contributed by atoms with E-state index in [1.165, 1.54) is 0 Å². The van der Waals surface area contributed by atoms with E-state index < -0.39 is 5.60 Å². The Labute approximate surface area is 175 Å². The van der Waals surface area contributed by atoms with Gasteiger partial charge in [-0.1, -0.05) is 17.7 Å². The summed E-state index contributed by atoms with van der Waals surface area (Å²) in [5.41, 5.74) is 2.34. The molecule has 4 rings (SSSR count). The lowest BCUT2D eigenvalue weighted by Gasteiger charge is -2.38. The number of carbonyl (C=O) groups excluding carboxylic acids is 1. The molecule has 0 saturated carbocycles. The lowest BCUT2D eigenvalue weighted by atomic mass is 9.92. The van der Waals surface area contributed by atoms with Crippen LogP contribution in [0.1, 0.15) is 56.7 Å². The summed E-state index contributed by atoms with van der Waals surface area (Å²) in [5.74, 6) is 1.36. The number of aromatic nitrogens is 1. The molecule has 2 aliphatic heterocycles. The van der Waals surface area contributed by atoms with Gasteiger partial charge in [0.25, 0.3) is 0 Å². The molecule has 0 spiro atoms. The average molecular weight is 417 g/mol. The van der Waals surface area contributed by atoms with E-state index in [0.29, 0.717) is 29.7 Å². The molecule has 2 aliphatic rings. The number of hydrogen-bond acceptors (Lipinski definition) is 5. The van der Waals surface area contributed by atoms with Gasteiger partial charge < -0.3 is 19.1 Å². The van der Waals surface area contributed by atoms with Gasteiger partial charge in [0.2, 0.25) is 0 Å². The predicted molar refractivity (Wildman–Crippen MR) is 110 cm³/mol. The van der Waals surface area contributed by atoms with E-state index in [-0.39, 0.29) is 18.2 Å². The molecule has 1 amide bonds. The standard InChI is InChI=1S/C22H25ClN2O4/c1-13-19-14(9-10-25(13)21(26)29-22(2,3)4)5-8-17-20(19)28-18(12-27-17)16-7-6-15(23)11-24-16/h5-8,11,13,18H,9-10,12H2,1-4H3/t13?,18-/m1/s1. The molecule has 0 saturated heterocycles. The van der Waals surface area contributed by atoms with Gasteiger partial charge in [0, 0.05) is 18.3 Å². The zero-order valence-corrected chi connectivity index (χ0v) is 17.8. The molecule has 0 aliphatic carbocycles. The highest BCUT2D eigenvalue weighted by molar-refractivity contribution is 6.30. The predicted octanol–water partition coefficient (Wildman–Crippen LogP) is 5.10. The fourth-order valence-corrected chi connectivity index (χ4v) is 3.87. The van der Waals surface area contributed by atoms with Crippen LogP contribution in [0.5, 0.6) is 11.5 Å². The van der Waals surface area contributed by atoms with Crippen LogP contribution in [0.4, 0.5) is 4.79 Å². The minimum absolute atomic E-state index is 0.191. The summed E-state index contributed by atoms with van der Waals surface area (Å²) in [6.07, 6.45) is 1.68. The quantitative estimate of drug-likeness (QED) is 0.647. The van der Waals surface area contributed by atoms with E-state index >= 15 is 0 Å². The second-order valence-electron chi connectivity index (χ2n) is 8.38. The van der Waals surface area contributed by atoms with Gasteiger partial charge in [0.15, 0.2) is 17.6 Å². The van der Waals surface area contributed by atoms with Gasteiger partial charge >= 0.3 is 6.09 Å². The van der Waals surface area contributed by atoms with Gasteiger partial charge in [0.05, 0.1) is 16.8 Å². The Bertz CT molecular complexity index is 924. The number of nitrogens with zero attached hydrogens (tertiary/aromatic N) is 2. The molecule has 29 heavy (non-hydrogen) atoms. The summed E-state index contributed by atoms with van der Waals surface area (Å²) < 4.78 is 17.9. The number of amides is 1. The highest BCUT2D eigenvalue weighted by Gasteiger charge is 2.36. The van der Waals surface area contributed by atoms with E-state index in [4.69, 9.17) is 25.8 Å². The molecule has 0 radical (unpaired) electrons. The van der Waals surface area contributed by atoms with E-state index in [2.05, 4.69) is 11.1 Å². The van der Waals surface area contributed by atoms with Crippen LogP contribution in [0.2, 0.25) is 5.02 Å². The summed E-state index contributed by atoms with van der Waals surface area (Å²) in [4.78, 5) is 18.8. The molecule has 1 aromatic heterocycles. The van der Waals surface area contributed by atoms with Gasteiger partial charge in [-0.15, -0.1) is 0 Å².